The lowest BCUT2D eigenvalue weighted by atomic mass is 10.1. The molecule has 1 aromatic heterocycles. The van der Waals surface area contributed by atoms with Crippen molar-refractivity contribution in [2.45, 2.75) is 13.8 Å². The second-order valence-corrected chi connectivity index (χ2v) is 6.39. The summed E-state index contributed by atoms with van der Waals surface area (Å²) in [6, 6.07) is 15.2. The van der Waals surface area contributed by atoms with Gasteiger partial charge in [0.05, 0.1) is 30.3 Å². The maximum Gasteiger partial charge on any atom is 0.337 e. The number of carbonyl (C=O) groups excluding carboxylic acids is 1. The van der Waals surface area contributed by atoms with Gasteiger partial charge in [0.2, 0.25) is 0 Å². The van der Waals surface area contributed by atoms with Gasteiger partial charge in [0.1, 0.15) is 0 Å². The molecular weight excluding hydrogens is 348 g/mol. The van der Waals surface area contributed by atoms with E-state index in [4.69, 9.17) is 16.3 Å². The number of rotatable bonds is 4. The minimum atomic E-state index is -0.376. The zero-order chi connectivity index (χ0) is 18.7. The van der Waals surface area contributed by atoms with Gasteiger partial charge in [-0.25, -0.2) is 4.79 Å². The molecule has 0 unspecified atom stereocenters. The Morgan fingerprint density at radius 1 is 1.12 bits per heavy atom. The quantitative estimate of drug-likeness (QED) is 0.465. The van der Waals surface area contributed by atoms with Crippen LogP contribution in [0.5, 0.6) is 0 Å². The van der Waals surface area contributed by atoms with E-state index in [1.165, 1.54) is 7.11 Å². The van der Waals surface area contributed by atoms with Crippen molar-refractivity contribution in [1.29, 1.82) is 0 Å². The Hall–Kier alpha value is -2.85. The van der Waals surface area contributed by atoms with Crippen molar-refractivity contribution in [3.05, 3.63) is 82.1 Å². The highest BCUT2D eigenvalue weighted by Crippen LogP contribution is 2.23. The van der Waals surface area contributed by atoms with Gasteiger partial charge in [-0.2, -0.15) is 0 Å². The molecule has 0 radical (unpaired) electrons. The molecule has 0 aliphatic rings. The zero-order valence-electron chi connectivity index (χ0n) is 14.9. The van der Waals surface area contributed by atoms with E-state index in [9.17, 15) is 4.79 Å². The highest BCUT2D eigenvalue weighted by atomic mass is 35.5. The van der Waals surface area contributed by atoms with Gasteiger partial charge in [0.25, 0.3) is 0 Å². The molecule has 3 aromatic rings. The molecule has 1 heterocycles. The van der Waals surface area contributed by atoms with Gasteiger partial charge in [-0.1, -0.05) is 23.7 Å². The number of esters is 1. The Kier molecular flexibility index (Phi) is 5.24. The summed E-state index contributed by atoms with van der Waals surface area (Å²) in [5.41, 5.74) is 5.09. The lowest BCUT2D eigenvalue weighted by Crippen LogP contribution is -2.01. The lowest BCUT2D eigenvalue weighted by molar-refractivity contribution is 0.0601. The first-order valence-electron chi connectivity index (χ1n) is 8.16. The van der Waals surface area contributed by atoms with Crippen LogP contribution < -0.4 is 0 Å². The lowest BCUT2D eigenvalue weighted by Gasteiger charge is -2.08. The summed E-state index contributed by atoms with van der Waals surface area (Å²) in [4.78, 5) is 16.3. The van der Waals surface area contributed by atoms with E-state index < -0.39 is 0 Å². The Balaban J connectivity index is 1.94. The minimum Gasteiger partial charge on any atom is -0.465 e. The molecule has 26 heavy (non-hydrogen) atoms. The molecule has 0 N–H and O–H groups in total. The predicted molar refractivity (Wildman–Crippen MR) is 105 cm³/mol. The normalized spacial score (nSPS) is 11.1. The maximum absolute atomic E-state index is 11.7. The number of aryl methyl sites for hydroxylation is 2. The van der Waals surface area contributed by atoms with E-state index in [2.05, 4.69) is 4.99 Å². The van der Waals surface area contributed by atoms with Crippen molar-refractivity contribution >= 4 is 29.5 Å². The monoisotopic (exact) mass is 366 g/mol. The fraction of sp³-hybridized carbons (Fsp3) is 0.143. The molecule has 4 nitrogen and oxygen atoms in total. The van der Waals surface area contributed by atoms with Gasteiger partial charge in [-0.05, 0) is 61.4 Å². The molecule has 0 aliphatic carbocycles. The number of methoxy groups -OCH3 is 1. The summed E-state index contributed by atoms with van der Waals surface area (Å²) < 4.78 is 6.78. The number of hydrogen-bond donors (Lipinski definition) is 0. The molecule has 5 heteroatoms. The molecule has 0 amide bonds. The van der Waals surface area contributed by atoms with Crippen molar-refractivity contribution in [3.63, 3.8) is 0 Å². The first-order chi connectivity index (χ1) is 12.5. The van der Waals surface area contributed by atoms with Gasteiger partial charge >= 0.3 is 5.97 Å². The van der Waals surface area contributed by atoms with Crippen molar-refractivity contribution in [2.24, 2.45) is 4.99 Å². The Labute approximate surface area is 157 Å². The van der Waals surface area contributed by atoms with Crippen LogP contribution in [0.2, 0.25) is 5.02 Å². The van der Waals surface area contributed by atoms with Crippen LogP contribution in [0, 0.1) is 13.8 Å². The zero-order valence-corrected chi connectivity index (χ0v) is 15.6. The third-order valence-corrected chi connectivity index (χ3v) is 4.59. The summed E-state index contributed by atoms with van der Waals surface area (Å²) in [7, 11) is 1.37. The van der Waals surface area contributed by atoms with Crippen LogP contribution in [-0.2, 0) is 4.74 Å². The van der Waals surface area contributed by atoms with Crippen LogP contribution in [-0.4, -0.2) is 23.9 Å². The molecule has 0 spiro atoms. The summed E-state index contributed by atoms with van der Waals surface area (Å²) >= 11 is 6.25. The summed E-state index contributed by atoms with van der Waals surface area (Å²) in [5.74, 6) is -0.376. The fourth-order valence-electron chi connectivity index (χ4n) is 2.60. The van der Waals surface area contributed by atoms with Crippen LogP contribution in [0.4, 0.5) is 5.69 Å². The molecule has 0 saturated heterocycles. The van der Waals surface area contributed by atoms with Crippen LogP contribution in [0.15, 0.2) is 59.7 Å². The second kappa shape index (κ2) is 7.58. The van der Waals surface area contributed by atoms with E-state index in [1.54, 1.807) is 18.3 Å². The van der Waals surface area contributed by atoms with Gasteiger partial charge < -0.3 is 9.30 Å². The first kappa shape index (κ1) is 18.0. The highest BCUT2D eigenvalue weighted by Gasteiger charge is 2.08. The average Bonchev–Trinajstić information content (AvgIpc) is 3.11. The molecular formula is C21H19ClN2O2. The smallest absolute Gasteiger partial charge is 0.337 e. The Morgan fingerprint density at radius 3 is 2.62 bits per heavy atom. The summed E-state index contributed by atoms with van der Waals surface area (Å²) in [6.07, 6.45) is 3.73. The fourth-order valence-corrected chi connectivity index (χ4v) is 2.77. The van der Waals surface area contributed by atoms with E-state index in [1.807, 2.05) is 61.0 Å². The predicted octanol–water partition coefficient (Wildman–Crippen LogP) is 5.28. The van der Waals surface area contributed by atoms with E-state index in [0.29, 0.717) is 5.56 Å². The molecule has 0 atom stereocenters. The number of halogens is 1. The highest BCUT2D eigenvalue weighted by molar-refractivity contribution is 6.31. The second-order valence-electron chi connectivity index (χ2n) is 5.99. The SMILES string of the molecule is COC(=O)c1ccc(C)c(N=Cc2cccn2-c2ccc(C)c(Cl)c2)c1. The Morgan fingerprint density at radius 2 is 1.88 bits per heavy atom. The number of benzene rings is 2. The van der Waals surface area contributed by atoms with Gasteiger partial charge in [-0.3, -0.25) is 4.99 Å². The molecule has 2 aromatic carbocycles. The van der Waals surface area contributed by atoms with Crippen LogP contribution >= 0.6 is 11.6 Å². The van der Waals surface area contributed by atoms with Crippen molar-refractivity contribution in [3.8, 4) is 5.69 Å². The largest absolute Gasteiger partial charge is 0.465 e. The molecule has 0 fully saturated rings. The van der Waals surface area contributed by atoms with Crippen LogP contribution in [0.1, 0.15) is 27.2 Å². The molecule has 3 rings (SSSR count). The third kappa shape index (κ3) is 3.70. The van der Waals surface area contributed by atoms with E-state index in [-0.39, 0.29) is 5.97 Å². The number of aliphatic imine (C=N–C) groups is 1. The summed E-state index contributed by atoms with van der Waals surface area (Å²) in [6.45, 7) is 3.92. The van der Waals surface area contributed by atoms with E-state index >= 15 is 0 Å². The van der Waals surface area contributed by atoms with Crippen LogP contribution in [0.3, 0.4) is 0 Å². The minimum absolute atomic E-state index is 0.376. The summed E-state index contributed by atoms with van der Waals surface area (Å²) in [5, 5.41) is 0.723. The third-order valence-electron chi connectivity index (χ3n) is 4.18. The number of aromatic nitrogens is 1. The Bertz CT molecular complexity index is 989. The van der Waals surface area contributed by atoms with Gasteiger partial charge in [-0.15, -0.1) is 0 Å². The van der Waals surface area contributed by atoms with Gasteiger partial charge in [0.15, 0.2) is 0 Å². The number of hydrogen-bond acceptors (Lipinski definition) is 3. The molecule has 132 valence electrons. The maximum atomic E-state index is 11.7. The first-order valence-corrected chi connectivity index (χ1v) is 8.54. The number of nitrogens with zero attached hydrogens (tertiary/aromatic N) is 2. The standard InChI is InChI=1S/C21H19ClN2O2/c1-14-7-9-17(12-19(14)22)24-10-4-5-18(24)13-23-20-11-16(21(25)26-3)8-6-15(20)2/h4-13H,1-3H3. The van der Waals surface area contributed by atoms with Crippen molar-refractivity contribution in [2.75, 3.05) is 7.11 Å². The molecule has 0 aliphatic heterocycles. The van der Waals surface area contributed by atoms with Crippen LogP contribution in [0.25, 0.3) is 5.69 Å². The number of ether oxygens (including phenoxy) is 1. The topological polar surface area (TPSA) is 43.6 Å². The molecule has 0 bridgehead atoms. The number of carbonyl (C=O) groups is 1. The van der Waals surface area contributed by atoms with Gasteiger partial charge in [0, 0.05) is 16.9 Å². The molecule has 0 saturated carbocycles. The van der Waals surface area contributed by atoms with Crippen molar-refractivity contribution in [1.82, 2.24) is 4.57 Å². The van der Waals surface area contributed by atoms with Crippen molar-refractivity contribution < 1.29 is 9.53 Å². The average molecular weight is 367 g/mol. The van der Waals surface area contributed by atoms with E-state index in [0.717, 1.165) is 33.2 Å².